The van der Waals surface area contributed by atoms with Crippen molar-refractivity contribution >= 4 is 0 Å². The zero-order valence-electron chi connectivity index (χ0n) is 16.7. The van der Waals surface area contributed by atoms with Crippen LogP contribution in [0.1, 0.15) is 39.2 Å². The molecule has 0 amide bonds. The van der Waals surface area contributed by atoms with E-state index in [1.54, 1.807) is 7.11 Å². The minimum atomic E-state index is -0.0404. The Balaban J connectivity index is 1.93. The van der Waals surface area contributed by atoms with E-state index in [1.165, 1.54) is 18.4 Å². The number of benzene rings is 1. The first-order valence-electron chi connectivity index (χ1n) is 9.54. The average Bonchev–Trinajstić information content (AvgIpc) is 3.06. The molecule has 1 saturated heterocycles. The Bertz CT molecular complexity index is 732. The Labute approximate surface area is 157 Å². The van der Waals surface area contributed by atoms with Crippen molar-refractivity contribution in [3.05, 3.63) is 36.0 Å². The van der Waals surface area contributed by atoms with E-state index in [4.69, 9.17) is 9.84 Å². The van der Waals surface area contributed by atoms with E-state index in [1.807, 2.05) is 12.1 Å². The fourth-order valence-corrected chi connectivity index (χ4v) is 3.56. The molecule has 1 aromatic carbocycles. The van der Waals surface area contributed by atoms with Gasteiger partial charge in [-0.1, -0.05) is 12.1 Å². The van der Waals surface area contributed by atoms with Crippen LogP contribution < -0.4 is 10.1 Å². The molecular weight excluding hydrogens is 324 g/mol. The maximum atomic E-state index is 5.42. The first-order valence-corrected chi connectivity index (χ1v) is 9.54. The van der Waals surface area contributed by atoms with Crippen molar-refractivity contribution in [3.8, 4) is 17.0 Å². The molecule has 0 bridgehead atoms. The highest BCUT2D eigenvalue weighted by molar-refractivity contribution is 5.64. The van der Waals surface area contributed by atoms with Gasteiger partial charge < -0.3 is 10.1 Å². The maximum Gasteiger partial charge on any atom is 0.119 e. The highest BCUT2D eigenvalue weighted by Gasteiger charge is 2.23. The summed E-state index contributed by atoms with van der Waals surface area (Å²) < 4.78 is 7.51. The summed E-state index contributed by atoms with van der Waals surface area (Å²) in [6.45, 7) is 9.75. The molecule has 2 heterocycles. The molecule has 3 rings (SSSR count). The van der Waals surface area contributed by atoms with Crippen LogP contribution in [0.25, 0.3) is 11.3 Å². The molecule has 0 saturated carbocycles. The van der Waals surface area contributed by atoms with Gasteiger partial charge in [-0.25, -0.2) is 0 Å². The number of hydrogen-bond acceptors (Lipinski definition) is 4. The summed E-state index contributed by atoms with van der Waals surface area (Å²) in [6, 6.07) is 8.79. The Morgan fingerprint density at radius 2 is 2.12 bits per heavy atom. The lowest BCUT2D eigenvalue weighted by molar-refractivity contribution is 0.188. The lowest BCUT2D eigenvalue weighted by Gasteiger charge is -2.32. The third kappa shape index (κ3) is 4.27. The molecule has 1 unspecified atom stereocenters. The molecule has 26 heavy (non-hydrogen) atoms. The Morgan fingerprint density at radius 1 is 1.31 bits per heavy atom. The summed E-state index contributed by atoms with van der Waals surface area (Å²) in [6.07, 6.45) is 4.72. The lowest BCUT2D eigenvalue weighted by atomic mass is 10.0. The summed E-state index contributed by atoms with van der Waals surface area (Å²) in [5, 5.41) is 8.38. The molecule has 0 spiro atoms. The number of likely N-dealkylation sites (N-methyl/N-ethyl adjacent to an activating group) is 1. The standard InChI is InChI=1S/C21H32N4O/c1-21(2,3)25-14-17(13-24-11-7-9-18(15-24)22-4)20(23-25)16-8-6-10-19(12-16)26-5/h6,8,10,12,14,18,22H,7,9,11,13,15H2,1-5H3. The van der Waals surface area contributed by atoms with Crippen LogP contribution in [0.5, 0.6) is 5.75 Å². The summed E-state index contributed by atoms with van der Waals surface area (Å²) in [5.74, 6) is 0.868. The third-order valence-electron chi connectivity index (χ3n) is 5.13. The number of nitrogens with zero attached hydrogens (tertiary/aromatic N) is 3. The number of methoxy groups -OCH3 is 1. The molecule has 0 aliphatic carbocycles. The van der Waals surface area contributed by atoms with E-state index < -0.39 is 0 Å². The molecule has 1 N–H and O–H groups in total. The molecule has 142 valence electrons. The fourth-order valence-electron chi connectivity index (χ4n) is 3.56. The smallest absolute Gasteiger partial charge is 0.119 e. The molecule has 1 fully saturated rings. The van der Waals surface area contributed by atoms with Crippen LogP contribution in [0.2, 0.25) is 0 Å². The second kappa shape index (κ2) is 7.80. The SMILES string of the molecule is CNC1CCCN(Cc2cn(C(C)(C)C)nc2-c2cccc(OC)c2)C1. The van der Waals surface area contributed by atoms with Crippen molar-refractivity contribution in [1.82, 2.24) is 20.0 Å². The third-order valence-corrected chi connectivity index (χ3v) is 5.13. The molecule has 1 aliphatic rings. The van der Waals surface area contributed by atoms with Crippen molar-refractivity contribution in [3.63, 3.8) is 0 Å². The highest BCUT2D eigenvalue weighted by atomic mass is 16.5. The molecule has 5 heteroatoms. The van der Waals surface area contributed by atoms with Gasteiger partial charge in [0.2, 0.25) is 0 Å². The molecule has 5 nitrogen and oxygen atoms in total. The zero-order chi connectivity index (χ0) is 18.7. The summed E-state index contributed by atoms with van der Waals surface area (Å²) >= 11 is 0. The van der Waals surface area contributed by atoms with E-state index in [0.29, 0.717) is 6.04 Å². The molecular formula is C21H32N4O. The number of ether oxygens (including phenoxy) is 1. The van der Waals surface area contributed by atoms with E-state index in [2.05, 4.69) is 61.0 Å². The van der Waals surface area contributed by atoms with Crippen molar-refractivity contribution in [1.29, 1.82) is 0 Å². The topological polar surface area (TPSA) is 42.3 Å². The van der Waals surface area contributed by atoms with Crippen molar-refractivity contribution < 1.29 is 4.74 Å². The van der Waals surface area contributed by atoms with Gasteiger partial charge in [-0.2, -0.15) is 5.10 Å². The van der Waals surface area contributed by atoms with E-state index in [9.17, 15) is 0 Å². The summed E-state index contributed by atoms with van der Waals surface area (Å²) in [7, 11) is 3.77. The number of piperidine rings is 1. The fraction of sp³-hybridized carbons (Fsp3) is 0.571. The van der Waals surface area contributed by atoms with Gasteiger partial charge in [-0.15, -0.1) is 0 Å². The largest absolute Gasteiger partial charge is 0.497 e. The molecule has 2 aromatic rings. The van der Waals surface area contributed by atoms with Gasteiger partial charge >= 0.3 is 0 Å². The van der Waals surface area contributed by atoms with Crippen LogP contribution in [0.15, 0.2) is 30.5 Å². The van der Waals surface area contributed by atoms with Crippen LogP contribution >= 0.6 is 0 Å². The van der Waals surface area contributed by atoms with E-state index >= 15 is 0 Å². The number of likely N-dealkylation sites (tertiary alicyclic amines) is 1. The molecule has 1 atom stereocenters. The Kier molecular flexibility index (Phi) is 5.68. The zero-order valence-corrected chi connectivity index (χ0v) is 16.7. The second-order valence-corrected chi connectivity index (χ2v) is 8.21. The molecule has 0 radical (unpaired) electrons. The van der Waals surface area contributed by atoms with Gasteiger partial charge in [0.25, 0.3) is 0 Å². The first-order chi connectivity index (χ1) is 12.4. The minimum absolute atomic E-state index is 0.0404. The Morgan fingerprint density at radius 3 is 2.81 bits per heavy atom. The Hall–Kier alpha value is -1.85. The van der Waals surface area contributed by atoms with Gasteiger partial charge in [-0.3, -0.25) is 9.58 Å². The van der Waals surface area contributed by atoms with Crippen LogP contribution in [-0.2, 0) is 12.1 Å². The van der Waals surface area contributed by atoms with Gasteiger partial charge in [0, 0.05) is 36.5 Å². The van der Waals surface area contributed by atoms with Gasteiger partial charge in [0.05, 0.1) is 18.3 Å². The minimum Gasteiger partial charge on any atom is -0.497 e. The van der Waals surface area contributed by atoms with Crippen LogP contribution in [0.4, 0.5) is 0 Å². The lowest BCUT2D eigenvalue weighted by Crippen LogP contribution is -2.43. The normalized spacial score (nSPS) is 18.9. The maximum absolute atomic E-state index is 5.42. The molecule has 1 aliphatic heterocycles. The van der Waals surface area contributed by atoms with E-state index in [0.717, 1.165) is 36.6 Å². The van der Waals surface area contributed by atoms with Gasteiger partial charge in [0.1, 0.15) is 5.75 Å². The average molecular weight is 357 g/mol. The van der Waals surface area contributed by atoms with E-state index in [-0.39, 0.29) is 5.54 Å². The van der Waals surface area contributed by atoms with Crippen molar-refractivity contribution in [2.24, 2.45) is 0 Å². The quantitative estimate of drug-likeness (QED) is 0.890. The second-order valence-electron chi connectivity index (χ2n) is 8.21. The van der Waals surface area contributed by atoms with Gasteiger partial charge in [-0.05, 0) is 59.3 Å². The number of nitrogens with one attached hydrogen (secondary N) is 1. The summed E-state index contributed by atoms with van der Waals surface area (Å²) in [5.41, 5.74) is 3.42. The monoisotopic (exact) mass is 356 g/mol. The number of hydrogen-bond donors (Lipinski definition) is 1. The number of rotatable bonds is 5. The number of aromatic nitrogens is 2. The predicted octanol–water partition coefficient (Wildman–Crippen LogP) is 3.50. The van der Waals surface area contributed by atoms with Crippen molar-refractivity contribution in [2.75, 3.05) is 27.2 Å². The van der Waals surface area contributed by atoms with Crippen LogP contribution in [0.3, 0.4) is 0 Å². The first kappa shape index (κ1) is 18.9. The van der Waals surface area contributed by atoms with Crippen LogP contribution in [0, 0.1) is 0 Å². The predicted molar refractivity (Wildman–Crippen MR) is 107 cm³/mol. The van der Waals surface area contributed by atoms with Crippen molar-refractivity contribution in [2.45, 2.75) is 51.7 Å². The van der Waals surface area contributed by atoms with Gasteiger partial charge in [0.15, 0.2) is 0 Å². The summed E-state index contributed by atoms with van der Waals surface area (Å²) in [4.78, 5) is 2.54. The van der Waals surface area contributed by atoms with Crippen LogP contribution in [-0.4, -0.2) is 48.0 Å². The molecule has 1 aromatic heterocycles. The highest BCUT2D eigenvalue weighted by Crippen LogP contribution is 2.29.